The van der Waals surface area contributed by atoms with E-state index in [1.807, 2.05) is 66.7 Å². The predicted molar refractivity (Wildman–Crippen MR) is 137 cm³/mol. The Bertz CT molecular complexity index is 519. The van der Waals surface area contributed by atoms with Gasteiger partial charge < -0.3 is 4.90 Å². The summed E-state index contributed by atoms with van der Waals surface area (Å²) in [5.41, 5.74) is 3.73. The first-order valence-electron chi connectivity index (χ1n) is 11.5. The molecule has 3 heteroatoms. The van der Waals surface area contributed by atoms with Crippen molar-refractivity contribution in [1.29, 1.82) is 0 Å². The van der Waals surface area contributed by atoms with Crippen molar-refractivity contribution in [1.82, 2.24) is 4.90 Å². The quantitative estimate of drug-likeness (QED) is 0.241. The highest BCUT2D eigenvalue weighted by Crippen LogP contribution is 2.22. The van der Waals surface area contributed by atoms with Gasteiger partial charge in [-0.05, 0) is 33.1 Å². The third-order valence-electron chi connectivity index (χ3n) is 4.80. The minimum atomic E-state index is 0.0765. The zero-order chi connectivity index (χ0) is 24.8. The molecule has 0 bridgehead atoms. The Hall–Kier alpha value is -1.64. The molecule has 0 aromatic carbocycles. The molecular weight excluding hydrogens is 373 g/mol. The van der Waals surface area contributed by atoms with Gasteiger partial charge in [0.25, 0.3) is 0 Å². The van der Waals surface area contributed by atoms with E-state index >= 15 is 0 Å². The number of halogens is 1. The lowest BCUT2D eigenvalue weighted by molar-refractivity contribution is -0.111. The molecule has 0 spiro atoms. The maximum Gasteiger partial charge on any atom is 0.187 e. The van der Waals surface area contributed by atoms with Crippen molar-refractivity contribution in [2.45, 2.75) is 95.9 Å². The molecule has 0 radical (unpaired) electrons. The Morgan fingerprint density at radius 3 is 1.83 bits per heavy atom. The first-order valence-corrected chi connectivity index (χ1v) is 11.5. The van der Waals surface area contributed by atoms with Gasteiger partial charge >= 0.3 is 0 Å². The van der Waals surface area contributed by atoms with Crippen LogP contribution in [0.2, 0.25) is 0 Å². The highest BCUT2D eigenvalue weighted by Gasteiger charge is 2.12. The fourth-order valence-electron chi connectivity index (χ4n) is 2.08. The summed E-state index contributed by atoms with van der Waals surface area (Å²) in [6.07, 6.45) is 12.1. The van der Waals surface area contributed by atoms with Crippen molar-refractivity contribution >= 4 is 5.78 Å². The first-order chi connectivity index (χ1) is 14.2. The summed E-state index contributed by atoms with van der Waals surface area (Å²) in [6, 6.07) is 0. The highest BCUT2D eigenvalue weighted by molar-refractivity contribution is 6.06. The van der Waals surface area contributed by atoms with Gasteiger partial charge in [0.05, 0.1) is 7.18 Å². The van der Waals surface area contributed by atoms with Crippen LogP contribution in [-0.2, 0) is 4.79 Å². The molecule has 0 aliphatic carbocycles. The molecule has 0 saturated heterocycles. The molecule has 0 atom stereocenters. The largest absolute Gasteiger partial charge is 0.367 e. The number of carbonyl (C=O) groups excluding carboxylic acids is 1. The van der Waals surface area contributed by atoms with Crippen LogP contribution < -0.4 is 0 Å². The van der Waals surface area contributed by atoms with Gasteiger partial charge in [-0.1, -0.05) is 98.1 Å². The molecule has 0 saturated carbocycles. The number of ketones is 1. The lowest BCUT2D eigenvalue weighted by Crippen LogP contribution is -2.19. The van der Waals surface area contributed by atoms with Crippen LogP contribution in [0.5, 0.6) is 0 Å². The van der Waals surface area contributed by atoms with E-state index in [2.05, 4.69) is 45.6 Å². The van der Waals surface area contributed by atoms with Gasteiger partial charge in [0.1, 0.15) is 0 Å². The van der Waals surface area contributed by atoms with E-state index in [0.717, 1.165) is 24.4 Å². The standard InChI is InChI=1S/C15H21NO.C7H16.2C2H6.CH3F/c1-5-7-14(6-2)15(17)10-13(4)16-9-8-12(3)11-16;1-5-7(3,4)6-2;3*1-2/h5-8,10H,9,11H2,1-4H3;5-6H2,1-4H3;2*1-2H3;1H3/b7-5-,13-10?,14-6+;;;;. The van der Waals surface area contributed by atoms with Crippen molar-refractivity contribution in [3.05, 3.63) is 47.2 Å². The molecule has 0 aromatic heterocycles. The van der Waals surface area contributed by atoms with E-state index in [1.54, 1.807) is 6.08 Å². The van der Waals surface area contributed by atoms with Crippen molar-refractivity contribution in [3.63, 3.8) is 0 Å². The van der Waals surface area contributed by atoms with Gasteiger partial charge in [-0.25, -0.2) is 0 Å². The second-order valence-electron chi connectivity index (χ2n) is 7.20. The summed E-state index contributed by atoms with van der Waals surface area (Å²) in [5, 5.41) is 0. The van der Waals surface area contributed by atoms with Crippen LogP contribution in [0.4, 0.5) is 4.39 Å². The third-order valence-corrected chi connectivity index (χ3v) is 4.80. The lowest BCUT2D eigenvalue weighted by Gasteiger charge is -2.18. The summed E-state index contributed by atoms with van der Waals surface area (Å²) in [5.74, 6) is 0.0765. The fourth-order valence-corrected chi connectivity index (χ4v) is 2.08. The van der Waals surface area contributed by atoms with E-state index in [9.17, 15) is 9.18 Å². The Labute approximate surface area is 189 Å². The summed E-state index contributed by atoms with van der Waals surface area (Å²) >= 11 is 0. The second-order valence-corrected chi connectivity index (χ2v) is 7.20. The van der Waals surface area contributed by atoms with E-state index in [4.69, 9.17) is 0 Å². The van der Waals surface area contributed by atoms with Crippen LogP contribution in [0.15, 0.2) is 47.2 Å². The molecule has 1 aliphatic heterocycles. The smallest absolute Gasteiger partial charge is 0.187 e. The molecule has 0 unspecified atom stereocenters. The van der Waals surface area contributed by atoms with Crippen LogP contribution >= 0.6 is 0 Å². The minimum Gasteiger partial charge on any atom is -0.367 e. The van der Waals surface area contributed by atoms with E-state index in [-0.39, 0.29) is 5.78 Å². The van der Waals surface area contributed by atoms with Gasteiger partial charge in [-0.15, -0.1) is 0 Å². The fraction of sp³-hybridized carbons (Fsp3) is 0.667. The van der Waals surface area contributed by atoms with Gasteiger partial charge in [0.15, 0.2) is 5.78 Å². The predicted octanol–water partition coefficient (Wildman–Crippen LogP) is 8.71. The first kappa shape index (κ1) is 35.8. The van der Waals surface area contributed by atoms with E-state index < -0.39 is 0 Å². The number of rotatable bonds is 6. The monoisotopic (exact) mass is 425 g/mol. The summed E-state index contributed by atoms with van der Waals surface area (Å²) < 4.78 is 9.50. The number of hydrogen-bond donors (Lipinski definition) is 0. The molecule has 0 fully saturated rings. The summed E-state index contributed by atoms with van der Waals surface area (Å²) in [7, 11) is 0.500. The molecule has 1 heterocycles. The van der Waals surface area contributed by atoms with Crippen LogP contribution in [0.25, 0.3) is 0 Å². The molecule has 0 N–H and O–H groups in total. The minimum absolute atomic E-state index is 0.0765. The molecule has 178 valence electrons. The average Bonchev–Trinajstić information content (AvgIpc) is 3.23. The molecule has 1 aliphatic rings. The highest BCUT2D eigenvalue weighted by atomic mass is 19.1. The maximum absolute atomic E-state index is 12.0. The van der Waals surface area contributed by atoms with Crippen LogP contribution in [0, 0.1) is 5.41 Å². The zero-order valence-electron chi connectivity index (χ0n) is 22.4. The van der Waals surface area contributed by atoms with Gasteiger partial charge in [-0.3, -0.25) is 9.18 Å². The molecule has 0 amide bonds. The second kappa shape index (κ2) is 23.6. The number of allylic oxidation sites excluding steroid dienone is 6. The van der Waals surface area contributed by atoms with Gasteiger partial charge in [0, 0.05) is 30.4 Å². The number of hydrogen-bond acceptors (Lipinski definition) is 2. The number of alkyl halides is 1. The maximum atomic E-state index is 12.0. The van der Waals surface area contributed by atoms with Crippen molar-refractivity contribution in [2.75, 3.05) is 20.3 Å². The Balaban J connectivity index is -0.000000218. The summed E-state index contributed by atoms with van der Waals surface area (Å²) in [4.78, 5) is 14.2. The third kappa shape index (κ3) is 18.4. The van der Waals surface area contributed by atoms with Crippen LogP contribution in [0.1, 0.15) is 95.9 Å². The van der Waals surface area contributed by atoms with Crippen molar-refractivity contribution in [3.8, 4) is 0 Å². The van der Waals surface area contributed by atoms with E-state index in [0.29, 0.717) is 12.6 Å². The van der Waals surface area contributed by atoms with Crippen LogP contribution in [-0.4, -0.2) is 31.0 Å². The Morgan fingerprint density at radius 1 is 1.10 bits per heavy atom. The van der Waals surface area contributed by atoms with Gasteiger partial charge in [0.2, 0.25) is 0 Å². The Morgan fingerprint density at radius 2 is 1.57 bits per heavy atom. The number of carbonyl (C=O) groups is 1. The normalized spacial score (nSPS) is 13.5. The molecule has 2 nitrogen and oxygen atoms in total. The van der Waals surface area contributed by atoms with Crippen molar-refractivity contribution in [2.24, 2.45) is 5.41 Å². The molecular formula is C27H52FNO. The SMILES string of the molecule is C/C=C\C(=C/C)C(=O)C=C(C)N1CC=C(C)C1.CC.CC.CCC(C)(C)CC.CF. The topological polar surface area (TPSA) is 20.3 Å². The van der Waals surface area contributed by atoms with E-state index in [1.165, 1.54) is 18.4 Å². The summed E-state index contributed by atoms with van der Waals surface area (Å²) in [6.45, 7) is 26.8. The van der Waals surface area contributed by atoms with Crippen LogP contribution in [0.3, 0.4) is 0 Å². The number of nitrogens with zero attached hydrogens (tertiary/aromatic N) is 1. The van der Waals surface area contributed by atoms with Gasteiger partial charge in [-0.2, -0.15) is 0 Å². The zero-order valence-corrected chi connectivity index (χ0v) is 22.4. The molecule has 1 rings (SSSR count). The lowest BCUT2D eigenvalue weighted by atomic mass is 9.88. The molecule has 0 aromatic rings. The average molecular weight is 426 g/mol. The Kier molecular flexibility index (Phi) is 28.2. The molecule has 30 heavy (non-hydrogen) atoms. The van der Waals surface area contributed by atoms with Crippen molar-refractivity contribution < 1.29 is 9.18 Å².